The summed E-state index contributed by atoms with van der Waals surface area (Å²) in [7, 11) is 0. The minimum absolute atomic E-state index is 0.0336. The van der Waals surface area contributed by atoms with E-state index >= 15 is 0 Å². The molecule has 5 heteroatoms. The Morgan fingerprint density at radius 1 is 1.04 bits per heavy atom. The Bertz CT molecular complexity index is 928. The van der Waals surface area contributed by atoms with Gasteiger partial charge in [0.15, 0.2) is 0 Å². The van der Waals surface area contributed by atoms with Crippen LogP contribution in [0, 0.1) is 6.92 Å². The normalized spacial score (nSPS) is 10.5. The topological polar surface area (TPSA) is 54.0 Å². The van der Waals surface area contributed by atoms with E-state index in [-0.39, 0.29) is 5.91 Å². The smallest absolute Gasteiger partial charge is 0.224 e. The number of anilines is 2. The number of aromatic nitrogens is 1. The number of carbonyl (C=O) groups excluding carboxylic acids is 1. The summed E-state index contributed by atoms with van der Waals surface area (Å²) in [5.41, 5.74) is 4.99. The number of amides is 1. The van der Waals surface area contributed by atoms with Crippen LogP contribution in [0.1, 0.15) is 31.7 Å². The van der Waals surface area contributed by atoms with Crippen LogP contribution < -0.4 is 10.0 Å². The van der Waals surface area contributed by atoms with Crippen molar-refractivity contribution >= 4 is 29.2 Å². The van der Waals surface area contributed by atoms with Crippen LogP contribution in [0.4, 0.5) is 11.4 Å². The van der Waals surface area contributed by atoms with Crippen molar-refractivity contribution in [2.75, 3.05) is 10.0 Å². The minimum Gasteiger partial charge on any atom is -0.325 e. The predicted octanol–water partition coefficient (Wildman–Crippen LogP) is 6.30. The molecular weight excluding hydrogens is 366 g/mol. The van der Waals surface area contributed by atoms with Crippen LogP contribution in [0.15, 0.2) is 71.9 Å². The van der Waals surface area contributed by atoms with Gasteiger partial charge in [0.25, 0.3) is 0 Å². The zero-order valence-corrected chi connectivity index (χ0v) is 17.1. The molecule has 0 aliphatic rings. The van der Waals surface area contributed by atoms with Crippen LogP contribution in [0.2, 0.25) is 0 Å². The van der Waals surface area contributed by atoms with Gasteiger partial charge in [0.05, 0.1) is 11.9 Å². The molecule has 1 heterocycles. The van der Waals surface area contributed by atoms with Crippen molar-refractivity contribution in [3.05, 3.63) is 72.6 Å². The summed E-state index contributed by atoms with van der Waals surface area (Å²) in [6.45, 7) is 4.16. The number of unbranched alkanes of at least 4 members (excludes halogenated alkanes) is 1. The fraction of sp³-hybridized carbons (Fsp3) is 0.217. The minimum atomic E-state index is 0.0336. The van der Waals surface area contributed by atoms with Crippen LogP contribution in [0.5, 0.6) is 0 Å². The third-order valence-electron chi connectivity index (χ3n) is 4.37. The second kappa shape index (κ2) is 9.95. The summed E-state index contributed by atoms with van der Waals surface area (Å²) in [4.78, 5) is 17.4. The molecule has 4 nitrogen and oxygen atoms in total. The van der Waals surface area contributed by atoms with Gasteiger partial charge in [0, 0.05) is 28.8 Å². The lowest BCUT2D eigenvalue weighted by molar-refractivity contribution is -0.116. The molecule has 1 amide bonds. The van der Waals surface area contributed by atoms with Gasteiger partial charge in [-0.3, -0.25) is 9.78 Å². The van der Waals surface area contributed by atoms with Gasteiger partial charge in [0.2, 0.25) is 5.91 Å². The van der Waals surface area contributed by atoms with Crippen molar-refractivity contribution < 1.29 is 4.79 Å². The molecule has 3 aromatic rings. The Morgan fingerprint density at radius 2 is 1.86 bits per heavy atom. The summed E-state index contributed by atoms with van der Waals surface area (Å²) in [5, 5.41) is 2.94. The standard InChI is InChI=1S/C23H25N3OS/c1-3-4-10-23(27)25-20-13-19(15-24-16-20)18-12-11-17(2)22(14-18)26-28-21-8-6-5-7-9-21/h5-9,11-16,26H,3-4,10H2,1-2H3,(H,25,27). The van der Waals surface area contributed by atoms with Crippen LogP contribution in [0.25, 0.3) is 11.1 Å². The van der Waals surface area contributed by atoms with E-state index in [2.05, 4.69) is 59.2 Å². The van der Waals surface area contributed by atoms with E-state index in [9.17, 15) is 4.79 Å². The summed E-state index contributed by atoms with van der Waals surface area (Å²) in [5.74, 6) is 0.0336. The number of hydrogen-bond donors (Lipinski definition) is 2. The molecule has 0 saturated carbocycles. The molecule has 3 rings (SSSR count). The van der Waals surface area contributed by atoms with Crippen LogP contribution in [0.3, 0.4) is 0 Å². The fourth-order valence-corrected chi connectivity index (χ4v) is 3.48. The highest BCUT2D eigenvalue weighted by molar-refractivity contribution is 8.00. The van der Waals surface area contributed by atoms with Gasteiger partial charge in [-0.15, -0.1) is 0 Å². The first-order valence-corrected chi connectivity index (χ1v) is 10.3. The van der Waals surface area contributed by atoms with E-state index in [0.29, 0.717) is 6.42 Å². The van der Waals surface area contributed by atoms with Gasteiger partial charge < -0.3 is 10.0 Å². The SMILES string of the molecule is CCCCC(=O)Nc1cncc(-c2ccc(C)c(NSc3ccccc3)c2)c1. The lowest BCUT2D eigenvalue weighted by Gasteiger charge is -2.12. The number of benzene rings is 2. The molecule has 0 fully saturated rings. The fourth-order valence-electron chi connectivity index (χ4n) is 2.74. The molecule has 0 atom stereocenters. The summed E-state index contributed by atoms with van der Waals surface area (Å²) < 4.78 is 3.44. The van der Waals surface area contributed by atoms with E-state index < -0.39 is 0 Å². The van der Waals surface area contributed by atoms with Crippen molar-refractivity contribution in [2.45, 2.75) is 38.0 Å². The van der Waals surface area contributed by atoms with Gasteiger partial charge in [-0.25, -0.2) is 0 Å². The lowest BCUT2D eigenvalue weighted by atomic mass is 10.0. The second-order valence-electron chi connectivity index (χ2n) is 6.66. The van der Waals surface area contributed by atoms with Crippen LogP contribution in [-0.4, -0.2) is 10.9 Å². The molecule has 0 aliphatic carbocycles. The Labute approximate surface area is 170 Å². The number of aryl methyl sites for hydroxylation is 1. The first kappa shape index (κ1) is 20.0. The molecule has 0 spiro atoms. The van der Waals surface area contributed by atoms with Crippen molar-refractivity contribution in [3.8, 4) is 11.1 Å². The van der Waals surface area contributed by atoms with Gasteiger partial charge in [-0.1, -0.05) is 43.7 Å². The first-order valence-electron chi connectivity index (χ1n) is 9.49. The van der Waals surface area contributed by atoms with Gasteiger partial charge in [0.1, 0.15) is 0 Å². The molecule has 0 unspecified atom stereocenters. The van der Waals surface area contributed by atoms with Crippen LogP contribution >= 0.6 is 11.9 Å². The van der Waals surface area contributed by atoms with E-state index in [1.54, 1.807) is 18.1 Å². The molecule has 0 saturated heterocycles. The largest absolute Gasteiger partial charge is 0.325 e. The molecule has 28 heavy (non-hydrogen) atoms. The maximum Gasteiger partial charge on any atom is 0.224 e. The highest BCUT2D eigenvalue weighted by Gasteiger charge is 2.07. The third kappa shape index (κ3) is 5.60. The molecule has 2 N–H and O–H groups in total. The molecule has 0 radical (unpaired) electrons. The molecule has 1 aromatic heterocycles. The first-order chi connectivity index (χ1) is 13.7. The van der Waals surface area contributed by atoms with Gasteiger partial charge in [-0.2, -0.15) is 0 Å². The zero-order chi connectivity index (χ0) is 19.8. The monoisotopic (exact) mass is 391 g/mol. The average molecular weight is 392 g/mol. The number of pyridine rings is 1. The van der Waals surface area contributed by atoms with Crippen molar-refractivity contribution in [1.29, 1.82) is 0 Å². The van der Waals surface area contributed by atoms with Crippen LogP contribution in [-0.2, 0) is 4.79 Å². The lowest BCUT2D eigenvalue weighted by Crippen LogP contribution is -2.11. The Balaban J connectivity index is 1.74. The second-order valence-corrected chi connectivity index (χ2v) is 7.54. The zero-order valence-electron chi connectivity index (χ0n) is 16.2. The van der Waals surface area contributed by atoms with Gasteiger partial charge >= 0.3 is 0 Å². The van der Waals surface area contributed by atoms with Gasteiger partial charge in [-0.05, 0) is 60.7 Å². The molecular formula is C23H25N3OS. The summed E-state index contributed by atoms with van der Waals surface area (Å²) in [6.07, 6.45) is 5.94. The number of hydrogen-bond acceptors (Lipinski definition) is 4. The summed E-state index contributed by atoms with van der Waals surface area (Å²) in [6, 6.07) is 18.5. The van der Waals surface area contributed by atoms with Crippen molar-refractivity contribution in [2.24, 2.45) is 0 Å². The Morgan fingerprint density at radius 3 is 2.64 bits per heavy atom. The van der Waals surface area contributed by atoms with E-state index in [4.69, 9.17) is 0 Å². The van der Waals surface area contributed by atoms with E-state index in [0.717, 1.165) is 40.2 Å². The van der Waals surface area contributed by atoms with E-state index in [1.807, 2.05) is 30.5 Å². The average Bonchev–Trinajstić information content (AvgIpc) is 2.72. The predicted molar refractivity (Wildman–Crippen MR) is 118 cm³/mol. The maximum absolute atomic E-state index is 12.0. The quantitative estimate of drug-likeness (QED) is 0.442. The number of carbonyl (C=O) groups is 1. The molecule has 0 bridgehead atoms. The Hall–Kier alpha value is -2.79. The summed E-state index contributed by atoms with van der Waals surface area (Å²) >= 11 is 1.59. The highest BCUT2D eigenvalue weighted by Crippen LogP contribution is 2.29. The number of nitrogens with one attached hydrogen (secondary N) is 2. The molecule has 144 valence electrons. The third-order valence-corrected chi connectivity index (χ3v) is 5.20. The van der Waals surface area contributed by atoms with Crippen molar-refractivity contribution in [1.82, 2.24) is 4.98 Å². The van der Waals surface area contributed by atoms with E-state index in [1.165, 1.54) is 5.56 Å². The Kier molecular flexibility index (Phi) is 7.09. The van der Waals surface area contributed by atoms with Crippen molar-refractivity contribution in [3.63, 3.8) is 0 Å². The maximum atomic E-state index is 12.0. The highest BCUT2D eigenvalue weighted by atomic mass is 32.2. The molecule has 2 aromatic carbocycles. The number of nitrogens with zero attached hydrogens (tertiary/aromatic N) is 1. The number of rotatable bonds is 8. The molecule has 0 aliphatic heterocycles.